The van der Waals surface area contributed by atoms with Gasteiger partial charge in [0.25, 0.3) is 10.9 Å². The molecule has 2 atom stereocenters. The van der Waals surface area contributed by atoms with E-state index in [0.717, 1.165) is 11.1 Å². The highest BCUT2D eigenvalue weighted by Crippen LogP contribution is 2.33. The van der Waals surface area contributed by atoms with Crippen LogP contribution < -0.4 is 20.9 Å². The minimum atomic E-state index is -0.931. The zero-order valence-electron chi connectivity index (χ0n) is 16.2. The van der Waals surface area contributed by atoms with E-state index in [1.807, 2.05) is 91.0 Å². The minimum absolute atomic E-state index is 0.00467. The third kappa shape index (κ3) is 4.02. The molecule has 0 fully saturated rings. The van der Waals surface area contributed by atoms with Gasteiger partial charge in [0.2, 0.25) is 0 Å². The molecule has 5 heteroatoms. The van der Waals surface area contributed by atoms with Crippen LogP contribution in [0, 0.1) is 0 Å². The van der Waals surface area contributed by atoms with Crippen LogP contribution in [0.25, 0.3) is 0 Å². The Balaban J connectivity index is 1.61. The first-order valence-electron chi connectivity index (χ1n) is 9.69. The van der Waals surface area contributed by atoms with E-state index in [1.54, 1.807) is 0 Å². The van der Waals surface area contributed by atoms with E-state index >= 15 is 0 Å². The van der Waals surface area contributed by atoms with Gasteiger partial charge in [-0.25, -0.2) is 0 Å². The highest BCUT2D eigenvalue weighted by atomic mass is 16.5. The predicted octanol–water partition coefficient (Wildman–Crippen LogP) is 3.75. The fraction of sp³-hybridized carbons (Fsp3) is 0.120. The van der Waals surface area contributed by atoms with Crippen molar-refractivity contribution >= 4 is 5.69 Å². The lowest BCUT2D eigenvalue weighted by atomic mass is 9.95. The molecule has 0 aliphatic heterocycles. The largest absolute Gasteiger partial charge is 0.482 e. The molecule has 0 saturated carbocycles. The van der Waals surface area contributed by atoms with Crippen LogP contribution in [0.2, 0.25) is 0 Å². The summed E-state index contributed by atoms with van der Waals surface area (Å²) in [5.41, 5.74) is 1.18. The third-order valence-electron chi connectivity index (χ3n) is 5.01. The lowest BCUT2D eigenvalue weighted by molar-refractivity contribution is 0.154. The van der Waals surface area contributed by atoms with E-state index in [9.17, 15) is 14.7 Å². The summed E-state index contributed by atoms with van der Waals surface area (Å²) in [6.07, 6.45) is -0.931. The second-order valence-corrected chi connectivity index (χ2v) is 7.02. The van der Waals surface area contributed by atoms with Gasteiger partial charge in [0.05, 0.1) is 6.04 Å². The normalized spacial score (nSPS) is 13.0. The van der Waals surface area contributed by atoms with Gasteiger partial charge in [0.15, 0.2) is 5.75 Å². The molecule has 4 aromatic rings. The van der Waals surface area contributed by atoms with Gasteiger partial charge < -0.3 is 15.2 Å². The SMILES string of the molecule is O=c1c(N[C@H](c2ccccc2)[C@@H](O)c2ccccc2)c(OCc2ccccc2)c1=O. The highest BCUT2D eigenvalue weighted by molar-refractivity contribution is 5.63. The molecular weight excluding hydrogens is 378 g/mol. The molecule has 150 valence electrons. The van der Waals surface area contributed by atoms with Gasteiger partial charge in [-0.1, -0.05) is 91.0 Å². The van der Waals surface area contributed by atoms with E-state index in [1.165, 1.54) is 0 Å². The van der Waals surface area contributed by atoms with Gasteiger partial charge in [-0.3, -0.25) is 9.59 Å². The first-order valence-corrected chi connectivity index (χ1v) is 9.69. The molecule has 0 bridgehead atoms. The molecule has 0 aromatic heterocycles. The monoisotopic (exact) mass is 399 g/mol. The molecule has 0 aliphatic carbocycles. The fourth-order valence-electron chi connectivity index (χ4n) is 3.37. The van der Waals surface area contributed by atoms with E-state index in [2.05, 4.69) is 5.32 Å². The molecule has 0 unspecified atom stereocenters. The molecule has 0 radical (unpaired) electrons. The van der Waals surface area contributed by atoms with Gasteiger partial charge in [-0.2, -0.15) is 0 Å². The Morgan fingerprint density at radius 1 is 0.733 bits per heavy atom. The summed E-state index contributed by atoms with van der Waals surface area (Å²) in [5, 5.41) is 14.1. The van der Waals surface area contributed by atoms with E-state index in [-0.39, 0.29) is 18.0 Å². The second kappa shape index (κ2) is 8.76. The number of ether oxygens (including phenoxy) is 1. The van der Waals surface area contributed by atoms with Crippen molar-refractivity contribution < 1.29 is 9.84 Å². The third-order valence-corrected chi connectivity index (χ3v) is 5.01. The van der Waals surface area contributed by atoms with Crippen LogP contribution in [0.3, 0.4) is 0 Å². The number of nitrogens with one attached hydrogen (secondary N) is 1. The minimum Gasteiger partial charge on any atom is -0.482 e. The summed E-state index contributed by atoms with van der Waals surface area (Å²) >= 11 is 0. The Morgan fingerprint density at radius 3 is 1.87 bits per heavy atom. The Hall–Kier alpha value is -3.70. The van der Waals surface area contributed by atoms with Gasteiger partial charge in [0, 0.05) is 0 Å². The van der Waals surface area contributed by atoms with Crippen molar-refractivity contribution in [1.82, 2.24) is 0 Å². The summed E-state index contributed by atoms with van der Waals surface area (Å²) in [5.74, 6) is 0.00467. The maximum absolute atomic E-state index is 12.3. The van der Waals surface area contributed by atoms with Crippen LogP contribution in [0.1, 0.15) is 28.8 Å². The van der Waals surface area contributed by atoms with Gasteiger partial charge in [-0.05, 0) is 16.7 Å². The van der Waals surface area contributed by atoms with Crippen LogP contribution in [-0.4, -0.2) is 5.11 Å². The molecule has 0 aliphatic rings. The Bertz CT molecular complexity index is 1170. The van der Waals surface area contributed by atoms with Crippen LogP contribution in [0.5, 0.6) is 5.75 Å². The molecule has 4 rings (SSSR count). The Morgan fingerprint density at radius 2 is 1.27 bits per heavy atom. The number of aliphatic hydroxyl groups is 1. The van der Waals surface area contributed by atoms with E-state index in [4.69, 9.17) is 4.74 Å². The van der Waals surface area contributed by atoms with Crippen molar-refractivity contribution in [1.29, 1.82) is 0 Å². The predicted molar refractivity (Wildman–Crippen MR) is 116 cm³/mol. The standard InChI is InChI=1S/C25H21NO4/c27-22(19-14-8-3-9-15-19)20(18-12-6-2-7-13-18)26-21-23(28)24(29)25(21)30-16-17-10-4-1-5-11-17/h1-15,20,22,26-27H,16H2/t20-,22+/m1/s1. The molecule has 30 heavy (non-hydrogen) atoms. The summed E-state index contributed by atoms with van der Waals surface area (Å²) in [6, 6.07) is 27.3. The highest BCUT2D eigenvalue weighted by Gasteiger charge is 2.29. The number of anilines is 1. The summed E-state index contributed by atoms with van der Waals surface area (Å²) in [4.78, 5) is 24.4. The number of rotatable bonds is 8. The smallest absolute Gasteiger partial charge is 0.272 e. The quantitative estimate of drug-likeness (QED) is 0.442. The van der Waals surface area contributed by atoms with Crippen molar-refractivity contribution in [3.63, 3.8) is 0 Å². The maximum Gasteiger partial charge on any atom is 0.272 e. The average molecular weight is 399 g/mol. The lowest BCUT2D eigenvalue weighted by Crippen LogP contribution is -2.37. The average Bonchev–Trinajstić information content (AvgIpc) is 2.82. The van der Waals surface area contributed by atoms with Crippen molar-refractivity contribution in [2.75, 3.05) is 5.32 Å². The summed E-state index contributed by atoms with van der Waals surface area (Å²) < 4.78 is 5.65. The number of benzene rings is 3. The molecule has 0 spiro atoms. The summed E-state index contributed by atoms with van der Waals surface area (Å²) in [7, 11) is 0. The Kier molecular flexibility index (Phi) is 5.72. The molecule has 4 aromatic carbocycles. The molecule has 0 amide bonds. The first-order chi connectivity index (χ1) is 14.6. The van der Waals surface area contributed by atoms with Crippen LogP contribution in [0.4, 0.5) is 5.69 Å². The van der Waals surface area contributed by atoms with Crippen molar-refractivity contribution in [3.05, 3.63) is 128 Å². The maximum atomic E-state index is 12.3. The fourth-order valence-corrected chi connectivity index (χ4v) is 3.37. The van der Waals surface area contributed by atoms with Crippen LogP contribution in [0.15, 0.2) is 101 Å². The van der Waals surface area contributed by atoms with Crippen LogP contribution in [-0.2, 0) is 6.61 Å². The Labute approximate surface area is 173 Å². The number of hydrogen-bond donors (Lipinski definition) is 2. The summed E-state index contributed by atoms with van der Waals surface area (Å²) in [6.45, 7) is 0.178. The zero-order valence-corrected chi connectivity index (χ0v) is 16.2. The molecule has 0 heterocycles. The van der Waals surface area contributed by atoms with Crippen LogP contribution >= 0.6 is 0 Å². The molecule has 5 nitrogen and oxygen atoms in total. The van der Waals surface area contributed by atoms with E-state index < -0.39 is 23.0 Å². The lowest BCUT2D eigenvalue weighted by Gasteiger charge is -2.27. The topological polar surface area (TPSA) is 75.6 Å². The van der Waals surface area contributed by atoms with Gasteiger partial charge in [0.1, 0.15) is 18.4 Å². The molecule has 0 saturated heterocycles. The second-order valence-electron chi connectivity index (χ2n) is 7.02. The van der Waals surface area contributed by atoms with Crippen molar-refractivity contribution in [2.45, 2.75) is 18.8 Å². The van der Waals surface area contributed by atoms with E-state index in [0.29, 0.717) is 5.56 Å². The zero-order chi connectivity index (χ0) is 20.9. The van der Waals surface area contributed by atoms with Gasteiger partial charge >= 0.3 is 0 Å². The number of aliphatic hydroxyl groups excluding tert-OH is 1. The molecular formula is C25H21NO4. The van der Waals surface area contributed by atoms with Crippen molar-refractivity contribution in [2.24, 2.45) is 0 Å². The van der Waals surface area contributed by atoms with Gasteiger partial charge in [-0.15, -0.1) is 0 Å². The van der Waals surface area contributed by atoms with Crippen molar-refractivity contribution in [3.8, 4) is 5.75 Å². The molecule has 2 N–H and O–H groups in total. The first kappa shape index (κ1) is 19.6. The number of hydrogen-bond acceptors (Lipinski definition) is 5.